The largest absolute Gasteiger partial charge is 0.479 e. The molecule has 0 radical (unpaired) electrons. The summed E-state index contributed by atoms with van der Waals surface area (Å²) in [6, 6.07) is 6.09. The molecule has 0 aliphatic carbocycles. The van der Waals surface area contributed by atoms with Crippen molar-refractivity contribution in [1.29, 1.82) is 0 Å². The van der Waals surface area contributed by atoms with Gasteiger partial charge >= 0.3 is 5.97 Å². The van der Waals surface area contributed by atoms with Gasteiger partial charge < -0.3 is 19.9 Å². The molecular formula is C16H17FN2O5. The number of nitrogens with zero attached hydrogens (tertiary/aromatic N) is 1. The third-order valence-corrected chi connectivity index (χ3v) is 3.35. The number of aliphatic hydroxyl groups is 1. The number of aliphatic carboxylic acids is 1. The maximum atomic E-state index is 13.7. The van der Waals surface area contributed by atoms with Gasteiger partial charge in [0.15, 0.2) is 17.3 Å². The number of halogens is 1. The summed E-state index contributed by atoms with van der Waals surface area (Å²) in [6.07, 6.45) is 1.53. The molecule has 1 unspecified atom stereocenters. The molecule has 24 heavy (non-hydrogen) atoms. The van der Waals surface area contributed by atoms with E-state index >= 15 is 0 Å². The Bertz CT molecular complexity index is 742. The molecule has 1 amide bonds. The number of nitrogens with one attached hydrogen (secondary N) is 1. The number of rotatable bonds is 7. The third-order valence-electron chi connectivity index (χ3n) is 3.35. The summed E-state index contributed by atoms with van der Waals surface area (Å²) in [5, 5.41) is 20.6. The predicted octanol–water partition coefficient (Wildman–Crippen LogP) is 1.37. The lowest BCUT2D eigenvalue weighted by molar-refractivity contribution is -0.156. The Balaban J connectivity index is 1.88. The lowest BCUT2D eigenvalue weighted by Crippen LogP contribution is -2.46. The highest BCUT2D eigenvalue weighted by Gasteiger charge is 2.30. The normalized spacial score (nSPS) is 13.3. The molecule has 0 saturated heterocycles. The molecule has 0 saturated carbocycles. The number of carbonyl (C=O) groups excluding carboxylic acids is 1. The average molecular weight is 336 g/mol. The van der Waals surface area contributed by atoms with Crippen LogP contribution in [0.15, 0.2) is 34.9 Å². The highest BCUT2D eigenvalue weighted by Crippen LogP contribution is 2.23. The van der Waals surface area contributed by atoms with E-state index in [0.29, 0.717) is 0 Å². The second kappa shape index (κ2) is 7.22. The molecule has 0 aliphatic rings. The number of carboxylic acid groups (broad SMARTS) is 1. The third kappa shape index (κ3) is 4.39. The number of aromatic nitrogens is 1. The molecule has 0 bridgehead atoms. The quantitative estimate of drug-likeness (QED) is 0.704. The van der Waals surface area contributed by atoms with Gasteiger partial charge in [-0.25, -0.2) is 14.2 Å². The van der Waals surface area contributed by atoms with Crippen LogP contribution < -0.4 is 5.32 Å². The number of hydrogen-bond acceptors (Lipinski definition) is 5. The molecule has 1 aromatic carbocycles. The van der Waals surface area contributed by atoms with E-state index < -0.39 is 29.8 Å². The van der Waals surface area contributed by atoms with Crippen LogP contribution in [0.1, 0.15) is 19.2 Å². The maximum Gasteiger partial charge on any atom is 0.337 e. The van der Waals surface area contributed by atoms with E-state index in [1.165, 1.54) is 12.3 Å². The van der Waals surface area contributed by atoms with Gasteiger partial charge in [-0.2, -0.15) is 0 Å². The fraction of sp³-hybridized carbons (Fsp3) is 0.312. The summed E-state index contributed by atoms with van der Waals surface area (Å²) in [7, 11) is 0. The molecule has 0 spiro atoms. The van der Waals surface area contributed by atoms with E-state index in [2.05, 4.69) is 10.3 Å². The van der Waals surface area contributed by atoms with E-state index in [0.717, 1.165) is 6.92 Å². The second-order valence-electron chi connectivity index (χ2n) is 5.45. The van der Waals surface area contributed by atoms with Gasteiger partial charge in [0.05, 0.1) is 18.3 Å². The fourth-order valence-corrected chi connectivity index (χ4v) is 1.87. The van der Waals surface area contributed by atoms with Crippen molar-refractivity contribution in [1.82, 2.24) is 10.3 Å². The first kappa shape index (κ1) is 17.6. The Labute approximate surface area is 137 Å². The molecule has 2 aromatic rings. The maximum absolute atomic E-state index is 13.7. The summed E-state index contributed by atoms with van der Waals surface area (Å²) < 4.78 is 19.1. The van der Waals surface area contributed by atoms with Crippen molar-refractivity contribution in [3.05, 3.63) is 42.2 Å². The molecule has 1 atom stereocenters. The summed E-state index contributed by atoms with van der Waals surface area (Å²) in [5.74, 6) is -1.80. The Hall–Kier alpha value is -2.74. The zero-order valence-corrected chi connectivity index (χ0v) is 13.0. The minimum absolute atomic E-state index is 0.00702. The molecule has 7 nitrogen and oxygen atoms in total. The molecule has 0 aliphatic heterocycles. The number of amides is 1. The first-order valence-corrected chi connectivity index (χ1v) is 7.21. The van der Waals surface area contributed by atoms with Crippen molar-refractivity contribution in [2.75, 3.05) is 6.54 Å². The van der Waals surface area contributed by atoms with E-state index in [-0.39, 0.29) is 30.1 Å². The van der Waals surface area contributed by atoms with Crippen molar-refractivity contribution in [2.45, 2.75) is 25.4 Å². The van der Waals surface area contributed by atoms with Gasteiger partial charge in [-0.15, -0.1) is 0 Å². The van der Waals surface area contributed by atoms with Crippen LogP contribution in [0, 0.1) is 5.82 Å². The highest BCUT2D eigenvalue weighted by atomic mass is 19.1. The number of carbonyl (C=O) groups is 2. The molecule has 3 N–H and O–H groups in total. The summed E-state index contributed by atoms with van der Waals surface area (Å²) in [4.78, 5) is 26.4. The number of carboxylic acids is 1. The Kier molecular flexibility index (Phi) is 5.30. The predicted molar refractivity (Wildman–Crippen MR) is 81.5 cm³/mol. The molecule has 1 heterocycles. The van der Waals surface area contributed by atoms with Gasteiger partial charge in [0, 0.05) is 12.8 Å². The average Bonchev–Trinajstić information content (AvgIpc) is 3.00. The van der Waals surface area contributed by atoms with Crippen molar-refractivity contribution < 1.29 is 28.6 Å². The summed E-state index contributed by atoms with van der Waals surface area (Å²) in [6.45, 7) is 0.678. The van der Waals surface area contributed by atoms with Gasteiger partial charge in [0.25, 0.3) is 0 Å². The van der Waals surface area contributed by atoms with Crippen molar-refractivity contribution in [2.24, 2.45) is 0 Å². The molecule has 8 heteroatoms. The Morgan fingerprint density at radius 1 is 1.38 bits per heavy atom. The number of oxazole rings is 1. The first-order chi connectivity index (χ1) is 11.3. The fourth-order valence-electron chi connectivity index (χ4n) is 1.87. The SMILES string of the molecule is CC(O)(CNC(=O)CCc1ncc(-c2ccccc2F)o1)C(=O)O. The summed E-state index contributed by atoms with van der Waals surface area (Å²) in [5.41, 5.74) is -1.76. The van der Waals surface area contributed by atoms with E-state index in [1.54, 1.807) is 18.2 Å². The van der Waals surface area contributed by atoms with Gasteiger partial charge in [-0.05, 0) is 19.1 Å². The lowest BCUT2D eigenvalue weighted by atomic mass is 10.1. The van der Waals surface area contributed by atoms with Crippen LogP contribution in [0.25, 0.3) is 11.3 Å². The second-order valence-corrected chi connectivity index (χ2v) is 5.45. The molecule has 128 valence electrons. The van der Waals surface area contributed by atoms with E-state index in [9.17, 15) is 19.1 Å². The van der Waals surface area contributed by atoms with E-state index in [4.69, 9.17) is 9.52 Å². The van der Waals surface area contributed by atoms with Crippen LogP contribution >= 0.6 is 0 Å². The monoisotopic (exact) mass is 336 g/mol. The zero-order valence-electron chi connectivity index (χ0n) is 13.0. The smallest absolute Gasteiger partial charge is 0.337 e. The standard InChI is InChI=1S/C16H17FN2O5/c1-16(23,15(21)22)9-19-13(20)6-7-14-18-8-12(24-14)10-4-2-3-5-11(10)17/h2-5,8,23H,6-7,9H2,1H3,(H,19,20)(H,21,22). The first-order valence-electron chi connectivity index (χ1n) is 7.21. The Morgan fingerprint density at radius 2 is 2.08 bits per heavy atom. The van der Waals surface area contributed by atoms with E-state index in [1.807, 2.05) is 0 Å². The highest BCUT2D eigenvalue weighted by molar-refractivity contribution is 5.80. The minimum Gasteiger partial charge on any atom is -0.479 e. The minimum atomic E-state index is -2.03. The van der Waals surface area contributed by atoms with Gasteiger partial charge in [-0.1, -0.05) is 12.1 Å². The molecule has 0 fully saturated rings. The van der Waals surface area contributed by atoms with Crippen LogP contribution in [-0.2, 0) is 16.0 Å². The molecular weight excluding hydrogens is 319 g/mol. The lowest BCUT2D eigenvalue weighted by Gasteiger charge is -2.18. The number of hydrogen-bond donors (Lipinski definition) is 3. The number of benzene rings is 1. The summed E-state index contributed by atoms with van der Waals surface area (Å²) >= 11 is 0. The van der Waals surface area contributed by atoms with Crippen molar-refractivity contribution >= 4 is 11.9 Å². The Morgan fingerprint density at radius 3 is 2.75 bits per heavy atom. The van der Waals surface area contributed by atoms with Gasteiger partial charge in [0.1, 0.15) is 5.82 Å². The van der Waals surface area contributed by atoms with Crippen molar-refractivity contribution in [3.8, 4) is 11.3 Å². The zero-order chi connectivity index (χ0) is 17.7. The number of aryl methyl sites for hydroxylation is 1. The topological polar surface area (TPSA) is 113 Å². The van der Waals surface area contributed by atoms with Crippen LogP contribution in [0.4, 0.5) is 4.39 Å². The van der Waals surface area contributed by atoms with Crippen LogP contribution in [0.2, 0.25) is 0 Å². The van der Waals surface area contributed by atoms with Crippen molar-refractivity contribution in [3.63, 3.8) is 0 Å². The van der Waals surface area contributed by atoms with Crippen LogP contribution in [0.3, 0.4) is 0 Å². The molecule has 2 rings (SSSR count). The van der Waals surface area contributed by atoms with Gasteiger partial charge in [-0.3, -0.25) is 4.79 Å². The van der Waals surface area contributed by atoms with Gasteiger partial charge in [0.2, 0.25) is 5.91 Å². The van der Waals surface area contributed by atoms with Crippen LogP contribution in [-0.4, -0.2) is 39.2 Å². The van der Waals surface area contributed by atoms with Crippen LogP contribution in [0.5, 0.6) is 0 Å². The molecule has 1 aromatic heterocycles.